The molecule has 0 radical (unpaired) electrons. The third-order valence-electron chi connectivity index (χ3n) is 3.43. The molecule has 1 N–H and O–H groups in total. The van der Waals surface area contributed by atoms with Crippen LogP contribution in [-0.4, -0.2) is 43.0 Å². The Morgan fingerprint density at radius 3 is 2.24 bits per heavy atom. The molecule has 0 aliphatic rings. The summed E-state index contributed by atoms with van der Waals surface area (Å²) in [5.41, 5.74) is 1.54. The van der Waals surface area contributed by atoms with Gasteiger partial charge >= 0.3 is 5.97 Å². The van der Waals surface area contributed by atoms with E-state index < -0.39 is 0 Å². The summed E-state index contributed by atoms with van der Waals surface area (Å²) in [6.07, 6.45) is 0. The Kier molecular flexibility index (Phi) is 6.88. The number of hydrogen-bond donors (Lipinski definition) is 1. The molecule has 1 aromatic carbocycles. The van der Waals surface area contributed by atoms with Crippen LogP contribution in [0.15, 0.2) is 24.3 Å². The van der Waals surface area contributed by atoms with Gasteiger partial charge in [0.2, 0.25) is 5.91 Å². The van der Waals surface area contributed by atoms with E-state index in [2.05, 4.69) is 10.1 Å². The van der Waals surface area contributed by atoms with Crippen molar-refractivity contribution >= 4 is 11.9 Å². The molecule has 0 fully saturated rings. The van der Waals surface area contributed by atoms with E-state index in [0.29, 0.717) is 12.1 Å². The maximum Gasteiger partial charge on any atom is 0.337 e. The molecule has 1 amide bonds. The first-order chi connectivity index (χ1) is 10.0. The van der Waals surface area contributed by atoms with Crippen LogP contribution in [0.2, 0.25) is 0 Å². The van der Waals surface area contributed by atoms with Gasteiger partial charge in [0.05, 0.1) is 18.7 Å². The van der Waals surface area contributed by atoms with E-state index in [1.165, 1.54) is 7.11 Å². The van der Waals surface area contributed by atoms with Crippen molar-refractivity contribution in [1.29, 1.82) is 0 Å². The predicted molar refractivity (Wildman–Crippen MR) is 82.0 cm³/mol. The number of methoxy groups -OCH3 is 1. The molecule has 0 heterocycles. The van der Waals surface area contributed by atoms with Crippen LogP contribution in [-0.2, 0) is 16.1 Å². The van der Waals surface area contributed by atoms with E-state index in [-0.39, 0.29) is 17.9 Å². The summed E-state index contributed by atoms with van der Waals surface area (Å²) >= 11 is 0. The SMILES string of the molecule is CCN(CC)C(=O)C(C)NCc1ccc(C(=O)OC)cc1. The highest BCUT2D eigenvalue weighted by Gasteiger charge is 2.17. The van der Waals surface area contributed by atoms with Crippen molar-refractivity contribution < 1.29 is 14.3 Å². The molecule has 0 saturated carbocycles. The number of likely N-dealkylation sites (N-methyl/N-ethyl adjacent to an activating group) is 1. The maximum absolute atomic E-state index is 12.1. The highest BCUT2D eigenvalue weighted by Crippen LogP contribution is 2.06. The van der Waals surface area contributed by atoms with Crippen molar-refractivity contribution in [2.24, 2.45) is 0 Å². The van der Waals surface area contributed by atoms with Crippen molar-refractivity contribution in [2.45, 2.75) is 33.4 Å². The first kappa shape index (κ1) is 17.2. The molecule has 5 nitrogen and oxygen atoms in total. The van der Waals surface area contributed by atoms with Gasteiger partial charge in [-0.3, -0.25) is 4.79 Å². The number of carbonyl (C=O) groups excluding carboxylic acids is 2. The molecular formula is C16H24N2O3. The molecule has 0 bridgehead atoms. The summed E-state index contributed by atoms with van der Waals surface area (Å²) in [6.45, 7) is 7.82. The van der Waals surface area contributed by atoms with Gasteiger partial charge in [-0.15, -0.1) is 0 Å². The van der Waals surface area contributed by atoms with Crippen molar-refractivity contribution in [1.82, 2.24) is 10.2 Å². The number of benzene rings is 1. The Balaban J connectivity index is 2.55. The fourth-order valence-electron chi connectivity index (χ4n) is 2.04. The lowest BCUT2D eigenvalue weighted by Crippen LogP contribution is -2.44. The number of nitrogens with zero attached hydrogens (tertiary/aromatic N) is 1. The largest absolute Gasteiger partial charge is 0.465 e. The van der Waals surface area contributed by atoms with Crippen LogP contribution in [0, 0.1) is 0 Å². The van der Waals surface area contributed by atoms with Gasteiger partial charge in [0.25, 0.3) is 0 Å². The van der Waals surface area contributed by atoms with Crippen molar-refractivity contribution in [3.8, 4) is 0 Å². The van der Waals surface area contributed by atoms with Gasteiger partial charge in [0, 0.05) is 19.6 Å². The highest BCUT2D eigenvalue weighted by atomic mass is 16.5. The maximum atomic E-state index is 12.1. The van der Waals surface area contributed by atoms with Gasteiger partial charge in [-0.05, 0) is 38.5 Å². The average Bonchev–Trinajstić information content (AvgIpc) is 2.53. The Morgan fingerprint density at radius 1 is 1.19 bits per heavy atom. The fraction of sp³-hybridized carbons (Fsp3) is 0.500. The van der Waals surface area contributed by atoms with Crippen LogP contribution in [0.4, 0.5) is 0 Å². The number of carbonyl (C=O) groups is 2. The number of ether oxygens (including phenoxy) is 1. The van der Waals surface area contributed by atoms with Gasteiger partial charge in [0.15, 0.2) is 0 Å². The summed E-state index contributed by atoms with van der Waals surface area (Å²) in [6, 6.07) is 6.92. The third-order valence-corrected chi connectivity index (χ3v) is 3.43. The molecule has 0 saturated heterocycles. The molecule has 0 aliphatic carbocycles. The fourth-order valence-corrected chi connectivity index (χ4v) is 2.04. The lowest BCUT2D eigenvalue weighted by molar-refractivity contribution is -0.132. The summed E-state index contributed by atoms with van der Waals surface area (Å²) in [7, 11) is 1.36. The Labute approximate surface area is 126 Å². The van der Waals surface area contributed by atoms with Crippen LogP contribution >= 0.6 is 0 Å². The van der Waals surface area contributed by atoms with Gasteiger partial charge in [-0.25, -0.2) is 4.79 Å². The second-order valence-electron chi connectivity index (χ2n) is 4.80. The smallest absolute Gasteiger partial charge is 0.337 e. The van der Waals surface area contributed by atoms with E-state index >= 15 is 0 Å². The summed E-state index contributed by atoms with van der Waals surface area (Å²) in [4.78, 5) is 25.2. The van der Waals surface area contributed by atoms with Crippen molar-refractivity contribution in [2.75, 3.05) is 20.2 Å². The number of hydrogen-bond acceptors (Lipinski definition) is 4. The summed E-state index contributed by atoms with van der Waals surface area (Å²) in [5, 5.41) is 3.20. The lowest BCUT2D eigenvalue weighted by atomic mass is 10.1. The second-order valence-corrected chi connectivity index (χ2v) is 4.80. The first-order valence-corrected chi connectivity index (χ1v) is 7.22. The minimum absolute atomic E-state index is 0.103. The zero-order valence-electron chi connectivity index (χ0n) is 13.2. The molecule has 1 unspecified atom stereocenters. The van der Waals surface area contributed by atoms with Gasteiger partial charge < -0.3 is 15.0 Å². The van der Waals surface area contributed by atoms with Gasteiger partial charge in [0.1, 0.15) is 0 Å². The highest BCUT2D eigenvalue weighted by molar-refractivity contribution is 5.89. The molecule has 0 aromatic heterocycles. The van der Waals surface area contributed by atoms with Crippen molar-refractivity contribution in [3.05, 3.63) is 35.4 Å². The third kappa shape index (κ3) is 4.86. The Bertz CT molecular complexity index is 467. The minimum Gasteiger partial charge on any atom is -0.465 e. The van der Waals surface area contributed by atoms with E-state index in [4.69, 9.17) is 0 Å². The molecule has 5 heteroatoms. The number of rotatable bonds is 7. The molecular weight excluding hydrogens is 268 g/mol. The second kappa shape index (κ2) is 8.42. The number of amides is 1. The Hall–Kier alpha value is -1.88. The number of nitrogens with one attached hydrogen (secondary N) is 1. The predicted octanol–water partition coefficient (Wildman–Crippen LogP) is 1.82. The van der Waals surface area contributed by atoms with E-state index in [1.807, 2.05) is 32.9 Å². The van der Waals surface area contributed by atoms with Crippen LogP contribution < -0.4 is 5.32 Å². The van der Waals surface area contributed by atoms with Gasteiger partial charge in [-0.1, -0.05) is 12.1 Å². The monoisotopic (exact) mass is 292 g/mol. The van der Waals surface area contributed by atoms with Crippen LogP contribution in [0.25, 0.3) is 0 Å². The zero-order valence-corrected chi connectivity index (χ0v) is 13.2. The van der Waals surface area contributed by atoms with Crippen molar-refractivity contribution in [3.63, 3.8) is 0 Å². The molecule has 21 heavy (non-hydrogen) atoms. The first-order valence-electron chi connectivity index (χ1n) is 7.22. The molecule has 1 rings (SSSR count). The van der Waals surface area contributed by atoms with Crippen LogP contribution in [0.1, 0.15) is 36.7 Å². The van der Waals surface area contributed by atoms with Gasteiger partial charge in [-0.2, -0.15) is 0 Å². The Morgan fingerprint density at radius 2 is 1.76 bits per heavy atom. The quantitative estimate of drug-likeness (QED) is 0.779. The standard InChI is InChI=1S/C16H24N2O3/c1-5-18(6-2)15(19)12(3)17-11-13-7-9-14(10-8-13)16(20)21-4/h7-10,12,17H,5-6,11H2,1-4H3. The average molecular weight is 292 g/mol. The van der Waals surface area contributed by atoms with E-state index in [9.17, 15) is 9.59 Å². The zero-order chi connectivity index (χ0) is 15.8. The topological polar surface area (TPSA) is 58.6 Å². The molecule has 1 aromatic rings. The van der Waals surface area contributed by atoms with Crippen LogP contribution in [0.5, 0.6) is 0 Å². The molecule has 0 spiro atoms. The van der Waals surface area contributed by atoms with E-state index in [0.717, 1.165) is 18.7 Å². The summed E-state index contributed by atoms with van der Waals surface area (Å²) in [5.74, 6) is -0.245. The minimum atomic E-state index is -0.348. The normalized spacial score (nSPS) is 11.8. The number of esters is 1. The molecule has 116 valence electrons. The van der Waals surface area contributed by atoms with E-state index in [1.54, 1.807) is 17.0 Å². The lowest BCUT2D eigenvalue weighted by Gasteiger charge is -2.23. The summed E-state index contributed by atoms with van der Waals surface area (Å²) < 4.78 is 4.65. The van der Waals surface area contributed by atoms with Crippen LogP contribution in [0.3, 0.4) is 0 Å². The molecule has 1 atom stereocenters. The molecule has 0 aliphatic heterocycles.